The summed E-state index contributed by atoms with van der Waals surface area (Å²) in [4.78, 5) is 8.74. The van der Waals surface area contributed by atoms with E-state index in [1.54, 1.807) is 0 Å². The smallest absolute Gasteiger partial charge is 0.199 e. The Morgan fingerprint density at radius 2 is 2.19 bits per heavy atom. The van der Waals surface area contributed by atoms with E-state index in [1.165, 1.54) is 0 Å². The van der Waals surface area contributed by atoms with Crippen molar-refractivity contribution in [1.29, 1.82) is 0 Å². The molecule has 0 amide bonds. The number of aryl methyl sites for hydroxylation is 2. The van der Waals surface area contributed by atoms with Crippen LogP contribution in [0.5, 0.6) is 0 Å². The third kappa shape index (κ3) is 2.43. The molecule has 0 radical (unpaired) electrons. The van der Waals surface area contributed by atoms with Crippen LogP contribution in [0.3, 0.4) is 0 Å². The van der Waals surface area contributed by atoms with Crippen molar-refractivity contribution in [1.82, 2.24) is 20.2 Å². The standard InChI is InChI=1S/C11H15N5/c1-8-4-2-5-9(13-8)11-14-10(15-16-11)6-3-7-12/h2,4-5H,3,6-7,12H2,1H3,(H,14,15,16). The number of hydrogen-bond acceptors (Lipinski definition) is 4. The fraction of sp³-hybridized carbons (Fsp3) is 0.364. The molecule has 84 valence electrons. The number of pyridine rings is 1. The van der Waals surface area contributed by atoms with Gasteiger partial charge in [0.15, 0.2) is 5.82 Å². The predicted octanol–water partition coefficient (Wildman–Crippen LogP) is 1.07. The van der Waals surface area contributed by atoms with Crippen LogP contribution in [0.1, 0.15) is 17.9 Å². The lowest BCUT2D eigenvalue weighted by atomic mass is 10.3. The first-order valence-electron chi connectivity index (χ1n) is 5.35. The number of nitrogens with zero attached hydrogens (tertiary/aromatic N) is 3. The Morgan fingerprint density at radius 3 is 2.94 bits per heavy atom. The summed E-state index contributed by atoms with van der Waals surface area (Å²) >= 11 is 0. The molecule has 0 saturated heterocycles. The number of hydrogen-bond donors (Lipinski definition) is 2. The summed E-state index contributed by atoms with van der Waals surface area (Å²) in [6.45, 7) is 2.62. The number of nitrogens with one attached hydrogen (secondary N) is 1. The van der Waals surface area contributed by atoms with Crippen molar-refractivity contribution in [3.05, 3.63) is 29.7 Å². The SMILES string of the molecule is Cc1cccc(-c2n[nH]c(CCCN)n2)n1. The van der Waals surface area contributed by atoms with Crippen molar-refractivity contribution in [3.63, 3.8) is 0 Å². The molecule has 5 nitrogen and oxygen atoms in total. The lowest BCUT2D eigenvalue weighted by molar-refractivity contribution is 0.785. The molecule has 0 aromatic carbocycles. The molecule has 0 bridgehead atoms. The summed E-state index contributed by atoms with van der Waals surface area (Å²) in [5.41, 5.74) is 7.20. The molecule has 2 aromatic rings. The predicted molar refractivity (Wildman–Crippen MR) is 61.7 cm³/mol. The zero-order valence-corrected chi connectivity index (χ0v) is 9.27. The number of rotatable bonds is 4. The summed E-state index contributed by atoms with van der Waals surface area (Å²) < 4.78 is 0. The van der Waals surface area contributed by atoms with E-state index in [4.69, 9.17) is 5.73 Å². The van der Waals surface area contributed by atoms with E-state index in [0.717, 1.165) is 30.1 Å². The zero-order valence-electron chi connectivity index (χ0n) is 9.27. The maximum Gasteiger partial charge on any atom is 0.199 e. The molecule has 0 atom stereocenters. The minimum atomic E-state index is 0.649. The van der Waals surface area contributed by atoms with Gasteiger partial charge in [0.05, 0.1) is 0 Å². The Balaban J connectivity index is 2.18. The van der Waals surface area contributed by atoms with Crippen molar-refractivity contribution in [2.24, 2.45) is 5.73 Å². The lowest BCUT2D eigenvalue weighted by Crippen LogP contribution is -2.01. The van der Waals surface area contributed by atoms with Gasteiger partial charge in [0.2, 0.25) is 0 Å². The van der Waals surface area contributed by atoms with Gasteiger partial charge in [0, 0.05) is 12.1 Å². The Kier molecular flexibility index (Phi) is 3.26. The van der Waals surface area contributed by atoms with Gasteiger partial charge in [-0.25, -0.2) is 9.97 Å². The minimum Gasteiger partial charge on any atom is -0.330 e. The van der Waals surface area contributed by atoms with Gasteiger partial charge in [-0.2, -0.15) is 5.10 Å². The van der Waals surface area contributed by atoms with E-state index >= 15 is 0 Å². The van der Waals surface area contributed by atoms with Crippen molar-refractivity contribution in [3.8, 4) is 11.5 Å². The molecule has 3 N–H and O–H groups in total. The number of aromatic nitrogens is 4. The third-order valence-corrected chi connectivity index (χ3v) is 2.27. The fourth-order valence-electron chi connectivity index (χ4n) is 1.46. The van der Waals surface area contributed by atoms with E-state index in [0.29, 0.717) is 12.4 Å². The van der Waals surface area contributed by atoms with Crippen molar-refractivity contribution in [2.45, 2.75) is 19.8 Å². The van der Waals surface area contributed by atoms with Crippen molar-refractivity contribution >= 4 is 0 Å². The second-order valence-electron chi connectivity index (χ2n) is 3.66. The Labute approximate surface area is 94.1 Å². The molecule has 5 heteroatoms. The van der Waals surface area contributed by atoms with Crippen LogP contribution >= 0.6 is 0 Å². The Hall–Kier alpha value is -1.75. The average molecular weight is 217 g/mol. The van der Waals surface area contributed by atoms with Crippen molar-refractivity contribution < 1.29 is 0 Å². The number of aromatic amines is 1. The lowest BCUT2D eigenvalue weighted by Gasteiger charge is -1.95. The van der Waals surface area contributed by atoms with Crippen molar-refractivity contribution in [2.75, 3.05) is 6.54 Å². The van der Waals surface area contributed by atoms with Gasteiger partial charge in [-0.3, -0.25) is 5.10 Å². The normalized spacial score (nSPS) is 10.6. The highest BCUT2D eigenvalue weighted by Crippen LogP contribution is 2.12. The molecule has 2 heterocycles. The van der Waals surface area contributed by atoms with Crippen LogP contribution in [0, 0.1) is 6.92 Å². The van der Waals surface area contributed by atoms with Gasteiger partial charge >= 0.3 is 0 Å². The second-order valence-corrected chi connectivity index (χ2v) is 3.66. The highest BCUT2D eigenvalue weighted by Gasteiger charge is 2.06. The first kappa shape index (κ1) is 10.8. The van der Waals surface area contributed by atoms with Crippen LogP contribution in [-0.2, 0) is 6.42 Å². The largest absolute Gasteiger partial charge is 0.330 e. The minimum absolute atomic E-state index is 0.649. The number of nitrogens with two attached hydrogens (primary N) is 1. The maximum absolute atomic E-state index is 5.44. The van der Waals surface area contributed by atoms with E-state index in [2.05, 4.69) is 20.2 Å². The first-order chi connectivity index (χ1) is 7.79. The van der Waals surface area contributed by atoms with Gasteiger partial charge in [0.25, 0.3) is 0 Å². The molecule has 2 aromatic heterocycles. The molecular weight excluding hydrogens is 202 g/mol. The molecule has 0 saturated carbocycles. The van der Waals surface area contributed by atoms with Crippen LogP contribution in [-0.4, -0.2) is 26.7 Å². The summed E-state index contributed by atoms with van der Waals surface area (Å²) in [6.07, 6.45) is 1.74. The molecule has 2 rings (SSSR count). The topological polar surface area (TPSA) is 80.5 Å². The molecule has 0 aliphatic rings. The Bertz CT molecular complexity index is 463. The fourth-order valence-corrected chi connectivity index (χ4v) is 1.46. The van der Waals surface area contributed by atoms with Crippen LogP contribution in [0.4, 0.5) is 0 Å². The quantitative estimate of drug-likeness (QED) is 0.802. The molecular formula is C11H15N5. The highest BCUT2D eigenvalue weighted by atomic mass is 15.2. The van der Waals surface area contributed by atoms with E-state index in [1.807, 2.05) is 25.1 Å². The third-order valence-electron chi connectivity index (χ3n) is 2.27. The van der Waals surface area contributed by atoms with Crippen LogP contribution in [0.25, 0.3) is 11.5 Å². The summed E-state index contributed by atoms with van der Waals surface area (Å²) in [5.74, 6) is 1.51. The summed E-state index contributed by atoms with van der Waals surface area (Å²) in [7, 11) is 0. The summed E-state index contributed by atoms with van der Waals surface area (Å²) in [6, 6.07) is 5.81. The van der Waals surface area contributed by atoms with Gasteiger partial charge in [-0.15, -0.1) is 0 Å². The van der Waals surface area contributed by atoms with Crippen LogP contribution in [0.2, 0.25) is 0 Å². The molecule has 16 heavy (non-hydrogen) atoms. The van der Waals surface area contributed by atoms with Crippen LogP contribution in [0.15, 0.2) is 18.2 Å². The summed E-state index contributed by atoms with van der Waals surface area (Å²) in [5, 5.41) is 7.04. The van der Waals surface area contributed by atoms with Gasteiger partial charge in [-0.05, 0) is 32.0 Å². The molecule has 0 aliphatic carbocycles. The molecule has 0 fully saturated rings. The molecule has 0 spiro atoms. The zero-order chi connectivity index (χ0) is 11.4. The number of H-pyrrole nitrogens is 1. The molecule has 0 unspecified atom stereocenters. The average Bonchev–Trinajstić information content (AvgIpc) is 2.75. The first-order valence-corrected chi connectivity index (χ1v) is 5.35. The van der Waals surface area contributed by atoms with E-state index < -0.39 is 0 Å². The van der Waals surface area contributed by atoms with E-state index in [9.17, 15) is 0 Å². The monoisotopic (exact) mass is 217 g/mol. The highest BCUT2D eigenvalue weighted by molar-refractivity contribution is 5.48. The van der Waals surface area contributed by atoms with E-state index in [-0.39, 0.29) is 0 Å². The second kappa shape index (κ2) is 4.85. The van der Waals surface area contributed by atoms with Gasteiger partial charge < -0.3 is 5.73 Å². The maximum atomic E-state index is 5.44. The molecule has 0 aliphatic heterocycles. The Morgan fingerprint density at radius 1 is 1.31 bits per heavy atom. The van der Waals surface area contributed by atoms with Crippen LogP contribution < -0.4 is 5.73 Å². The van der Waals surface area contributed by atoms with Gasteiger partial charge in [0.1, 0.15) is 11.5 Å². The van der Waals surface area contributed by atoms with Gasteiger partial charge in [-0.1, -0.05) is 6.07 Å².